The maximum atomic E-state index is 14.5. The smallest absolute Gasteiger partial charge is 0.305 e. The van der Waals surface area contributed by atoms with E-state index in [2.05, 4.69) is 0 Å². The molecule has 39 heavy (non-hydrogen) atoms. The Morgan fingerprint density at radius 1 is 0.821 bits per heavy atom. The van der Waals surface area contributed by atoms with Gasteiger partial charge in [-0.25, -0.2) is 0 Å². The van der Waals surface area contributed by atoms with Crippen molar-refractivity contribution in [3.63, 3.8) is 0 Å². The quantitative estimate of drug-likeness (QED) is 0.180. The standard InChI is InChI=1S/C30H50F2O7/c1-2-3-18-30(31,32)26(33)17-16-23-22(12-6-4-5-7-13-27(34)35)24(38-28-14-8-10-19-36-28)21-25(23)39-29-15-9-11-20-37-29/h22-25,28-29H,2-21H2,1H3,(H,34,35)/t22-,23-,24+,25-,28?,29?/m1/s1. The Labute approximate surface area is 232 Å². The van der Waals surface area contributed by atoms with Gasteiger partial charge in [0, 0.05) is 38.9 Å². The average Bonchev–Trinajstić information content (AvgIpc) is 3.23. The van der Waals surface area contributed by atoms with Crippen LogP contribution in [0.25, 0.3) is 0 Å². The molecule has 1 N–H and O–H groups in total. The summed E-state index contributed by atoms with van der Waals surface area (Å²) < 4.78 is 53.7. The summed E-state index contributed by atoms with van der Waals surface area (Å²) in [5.41, 5.74) is 0. The fourth-order valence-electron chi connectivity index (χ4n) is 6.30. The van der Waals surface area contributed by atoms with E-state index in [1.165, 1.54) is 0 Å². The fourth-order valence-corrected chi connectivity index (χ4v) is 6.30. The molecule has 0 spiro atoms. The van der Waals surface area contributed by atoms with Gasteiger partial charge in [-0.3, -0.25) is 9.59 Å². The number of unbranched alkanes of at least 4 members (excludes halogenated alkanes) is 4. The number of alkyl halides is 2. The predicted octanol–water partition coefficient (Wildman–Crippen LogP) is 7.05. The van der Waals surface area contributed by atoms with Gasteiger partial charge in [-0.1, -0.05) is 32.6 Å². The molecule has 1 saturated carbocycles. The van der Waals surface area contributed by atoms with Crippen LogP contribution in [0.4, 0.5) is 8.78 Å². The van der Waals surface area contributed by atoms with E-state index in [1.807, 2.05) is 6.92 Å². The molecule has 9 heteroatoms. The molecule has 0 radical (unpaired) electrons. The number of carboxylic acid groups (broad SMARTS) is 1. The summed E-state index contributed by atoms with van der Waals surface area (Å²) in [7, 11) is 0. The number of ether oxygens (including phenoxy) is 4. The van der Waals surface area contributed by atoms with Crippen LogP contribution in [0.1, 0.15) is 122 Å². The van der Waals surface area contributed by atoms with E-state index >= 15 is 0 Å². The van der Waals surface area contributed by atoms with Crippen molar-refractivity contribution < 1.29 is 42.4 Å². The van der Waals surface area contributed by atoms with Gasteiger partial charge < -0.3 is 24.1 Å². The minimum absolute atomic E-state index is 0.0562. The molecule has 0 aromatic heterocycles. The molecule has 6 atom stereocenters. The first-order chi connectivity index (χ1) is 18.8. The van der Waals surface area contributed by atoms with Crippen molar-refractivity contribution in [2.75, 3.05) is 13.2 Å². The van der Waals surface area contributed by atoms with Gasteiger partial charge >= 0.3 is 11.9 Å². The van der Waals surface area contributed by atoms with Crippen molar-refractivity contribution in [1.82, 2.24) is 0 Å². The number of Topliss-reactive ketones (excluding diaryl/α,β-unsaturated/α-hetero) is 1. The minimum Gasteiger partial charge on any atom is -0.481 e. The molecule has 2 heterocycles. The zero-order valence-electron chi connectivity index (χ0n) is 23.8. The molecule has 7 nitrogen and oxygen atoms in total. The van der Waals surface area contributed by atoms with E-state index in [4.69, 9.17) is 24.1 Å². The highest BCUT2D eigenvalue weighted by atomic mass is 19.3. The third-order valence-electron chi connectivity index (χ3n) is 8.53. The highest BCUT2D eigenvalue weighted by molar-refractivity contribution is 5.85. The van der Waals surface area contributed by atoms with Crippen molar-refractivity contribution in [3.8, 4) is 0 Å². The van der Waals surface area contributed by atoms with Crippen LogP contribution in [-0.2, 0) is 28.5 Å². The monoisotopic (exact) mass is 560 g/mol. The summed E-state index contributed by atoms with van der Waals surface area (Å²) in [6, 6.07) is 0. The topological polar surface area (TPSA) is 91.3 Å². The lowest BCUT2D eigenvalue weighted by Crippen LogP contribution is -2.34. The van der Waals surface area contributed by atoms with Crippen LogP contribution in [0.2, 0.25) is 0 Å². The van der Waals surface area contributed by atoms with Crippen LogP contribution >= 0.6 is 0 Å². The summed E-state index contributed by atoms with van der Waals surface area (Å²) in [6.45, 7) is 3.17. The van der Waals surface area contributed by atoms with Crippen LogP contribution in [0.3, 0.4) is 0 Å². The molecule has 3 fully saturated rings. The van der Waals surface area contributed by atoms with Crippen LogP contribution in [0, 0.1) is 11.8 Å². The van der Waals surface area contributed by atoms with E-state index in [9.17, 15) is 18.4 Å². The molecule has 0 aromatic carbocycles. The van der Waals surface area contributed by atoms with E-state index in [-0.39, 0.29) is 49.5 Å². The Morgan fingerprint density at radius 3 is 1.95 bits per heavy atom. The van der Waals surface area contributed by atoms with Crippen LogP contribution in [0.5, 0.6) is 0 Å². The van der Waals surface area contributed by atoms with E-state index in [0.29, 0.717) is 45.3 Å². The van der Waals surface area contributed by atoms with E-state index in [0.717, 1.165) is 64.2 Å². The zero-order chi connectivity index (χ0) is 28.1. The lowest BCUT2D eigenvalue weighted by atomic mass is 9.84. The maximum Gasteiger partial charge on any atom is 0.305 e. The normalized spacial score (nSPS) is 29.9. The number of ketones is 1. The van der Waals surface area contributed by atoms with E-state index < -0.39 is 24.1 Å². The molecule has 226 valence electrons. The molecular weight excluding hydrogens is 510 g/mol. The Hall–Kier alpha value is -1.16. The first-order valence-electron chi connectivity index (χ1n) is 15.5. The molecule has 1 aliphatic carbocycles. The molecule has 0 aromatic rings. The summed E-state index contributed by atoms with van der Waals surface area (Å²) in [5.74, 6) is -5.08. The molecule has 2 unspecified atom stereocenters. The van der Waals surface area contributed by atoms with Gasteiger partial charge in [0.05, 0.1) is 12.2 Å². The van der Waals surface area contributed by atoms with Gasteiger partial charge in [-0.2, -0.15) is 8.78 Å². The predicted molar refractivity (Wildman–Crippen MR) is 143 cm³/mol. The van der Waals surface area contributed by atoms with Crippen molar-refractivity contribution in [2.24, 2.45) is 11.8 Å². The summed E-state index contributed by atoms with van der Waals surface area (Å²) in [4.78, 5) is 23.4. The maximum absolute atomic E-state index is 14.5. The second-order valence-corrected chi connectivity index (χ2v) is 11.6. The molecule has 3 rings (SSSR count). The number of halogens is 2. The molecule has 3 aliphatic rings. The largest absolute Gasteiger partial charge is 0.481 e. The Morgan fingerprint density at radius 2 is 1.41 bits per heavy atom. The first kappa shape index (κ1) is 32.4. The lowest BCUT2D eigenvalue weighted by Gasteiger charge is -2.32. The van der Waals surface area contributed by atoms with Crippen molar-refractivity contribution in [3.05, 3.63) is 0 Å². The van der Waals surface area contributed by atoms with Gasteiger partial charge in [0.2, 0.25) is 5.78 Å². The number of rotatable bonds is 18. The zero-order valence-corrected chi connectivity index (χ0v) is 23.8. The Kier molecular flexibility index (Phi) is 14.1. The number of aliphatic carboxylic acids is 1. The second-order valence-electron chi connectivity index (χ2n) is 11.6. The first-order valence-corrected chi connectivity index (χ1v) is 15.5. The highest BCUT2D eigenvalue weighted by Gasteiger charge is 2.47. The number of hydrogen-bond acceptors (Lipinski definition) is 6. The second kappa shape index (κ2) is 16.9. The number of carbonyl (C=O) groups excluding carboxylic acids is 1. The van der Waals surface area contributed by atoms with Crippen molar-refractivity contribution in [2.45, 2.75) is 153 Å². The summed E-state index contributed by atoms with van der Waals surface area (Å²) in [5, 5.41) is 8.91. The fraction of sp³-hybridized carbons (Fsp3) is 0.933. The molecule has 2 aliphatic heterocycles. The Balaban J connectivity index is 1.69. The average molecular weight is 561 g/mol. The third-order valence-corrected chi connectivity index (χ3v) is 8.53. The number of carbonyl (C=O) groups is 2. The SMILES string of the molecule is CCCCC(F)(F)C(=O)CC[C@@H]1[C@@H](CCCCCCC(=O)O)[C@@H](OC2CCCCO2)C[C@H]1OC1CCCCO1. The van der Waals surface area contributed by atoms with Crippen LogP contribution in [-0.4, -0.2) is 60.8 Å². The van der Waals surface area contributed by atoms with E-state index in [1.54, 1.807) is 0 Å². The van der Waals surface area contributed by atoms with Gasteiger partial charge in [0.15, 0.2) is 12.6 Å². The Bertz CT molecular complexity index is 722. The van der Waals surface area contributed by atoms with Crippen molar-refractivity contribution >= 4 is 11.8 Å². The van der Waals surface area contributed by atoms with Crippen LogP contribution in [0.15, 0.2) is 0 Å². The van der Waals surface area contributed by atoms with Gasteiger partial charge in [-0.15, -0.1) is 0 Å². The molecule has 2 saturated heterocycles. The number of hydrogen-bond donors (Lipinski definition) is 1. The molecule has 0 amide bonds. The van der Waals surface area contributed by atoms with Gasteiger partial charge in [0.1, 0.15) is 0 Å². The van der Waals surface area contributed by atoms with Crippen molar-refractivity contribution in [1.29, 1.82) is 0 Å². The van der Waals surface area contributed by atoms with Gasteiger partial charge in [-0.05, 0) is 76.0 Å². The lowest BCUT2D eigenvalue weighted by molar-refractivity contribution is -0.204. The number of carboxylic acids is 1. The highest BCUT2D eigenvalue weighted by Crippen LogP contribution is 2.44. The molecule has 0 bridgehead atoms. The van der Waals surface area contributed by atoms with Gasteiger partial charge in [0.25, 0.3) is 0 Å². The summed E-state index contributed by atoms with van der Waals surface area (Å²) in [6.07, 6.45) is 10.4. The van der Waals surface area contributed by atoms with Crippen LogP contribution < -0.4 is 0 Å². The summed E-state index contributed by atoms with van der Waals surface area (Å²) >= 11 is 0. The molecular formula is C30H50F2O7. The third kappa shape index (κ3) is 11.0. The minimum atomic E-state index is -3.29.